The molecule has 0 spiro atoms. The summed E-state index contributed by atoms with van der Waals surface area (Å²) in [7, 11) is 1.32. The molecular weight excluding hydrogens is 394 g/mol. The highest BCUT2D eigenvalue weighted by molar-refractivity contribution is 9.10. The van der Waals surface area contributed by atoms with Gasteiger partial charge in [-0.3, -0.25) is 4.79 Å². The van der Waals surface area contributed by atoms with Crippen LogP contribution in [0, 0.1) is 13.8 Å². The van der Waals surface area contributed by atoms with Crippen molar-refractivity contribution in [1.29, 1.82) is 0 Å². The van der Waals surface area contributed by atoms with Gasteiger partial charge in [-0.05, 0) is 54.4 Å². The van der Waals surface area contributed by atoms with Gasteiger partial charge in [-0.25, -0.2) is 4.79 Å². The zero-order valence-electron chi connectivity index (χ0n) is 13.8. The third-order valence-electron chi connectivity index (χ3n) is 3.52. The van der Waals surface area contributed by atoms with Crippen molar-refractivity contribution in [2.75, 3.05) is 12.4 Å². The smallest absolute Gasteiger partial charge is 0.341 e. The summed E-state index contributed by atoms with van der Waals surface area (Å²) in [6.45, 7) is 5.37. The van der Waals surface area contributed by atoms with Crippen LogP contribution in [-0.4, -0.2) is 25.1 Å². The molecule has 0 saturated carbocycles. The molecule has 1 aromatic heterocycles. The lowest BCUT2D eigenvalue weighted by Gasteiger charge is -2.15. The fourth-order valence-electron chi connectivity index (χ4n) is 2.06. The van der Waals surface area contributed by atoms with E-state index in [-0.39, 0.29) is 5.91 Å². The molecule has 24 heavy (non-hydrogen) atoms. The van der Waals surface area contributed by atoms with Crippen molar-refractivity contribution in [1.82, 2.24) is 0 Å². The largest absolute Gasteiger partial charge is 0.480 e. The molecule has 0 saturated heterocycles. The minimum absolute atomic E-state index is 0.336. The van der Waals surface area contributed by atoms with Crippen LogP contribution in [-0.2, 0) is 9.53 Å². The minimum Gasteiger partial charge on any atom is -0.480 e. The normalized spacial score (nSPS) is 11.7. The second-order valence-corrected chi connectivity index (χ2v) is 7.24. The quantitative estimate of drug-likeness (QED) is 0.743. The summed E-state index contributed by atoms with van der Waals surface area (Å²) in [5.74, 6) is -0.226. The molecule has 1 heterocycles. The third kappa shape index (κ3) is 3.96. The van der Waals surface area contributed by atoms with Gasteiger partial charge in [-0.15, -0.1) is 11.3 Å². The SMILES string of the molecule is COC(=O)c1c(NC(=O)[C@H](C)Oc2ccccc2Br)sc(C)c1C. The van der Waals surface area contributed by atoms with Crippen LogP contribution >= 0.6 is 27.3 Å². The van der Waals surface area contributed by atoms with E-state index >= 15 is 0 Å². The Bertz CT molecular complexity index is 772. The number of halogens is 1. The summed E-state index contributed by atoms with van der Waals surface area (Å²) in [5, 5.41) is 3.24. The Labute approximate surface area is 153 Å². The lowest BCUT2D eigenvalue weighted by molar-refractivity contribution is -0.122. The number of ether oxygens (including phenoxy) is 2. The molecule has 0 aliphatic carbocycles. The lowest BCUT2D eigenvalue weighted by Crippen LogP contribution is -2.30. The Hall–Kier alpha value is -1.86. The molecule has 2 rings (SSSR count). The molecule has 1 aromatic carbocycles. The number of para-hydroxylation sites is 1. The molecule has 128 valence electrons. The number of anilines is 1. The number of aryl methyl sites for hydroxylation is 1. The van der Waals surface area contributed by atoms with Crippen LogP contribution in [0.1, 0.15) is 27.7 Å². The molecule has 1 N–H and O–H groups in total. The predicted molar refractivity (Wildman–Crippen MR) is 98.0 cm³/mol. The van der Waals surface area contributed by atoms with Gasteiger partial charge in [0.25, 0.3) is 5.91 Å². The number of rotatable bonds is 5. The second-order valence-electron chi connectivity index (χ2n) is 5.16. The maximum Gasteiger partial charge on any atom is 0.341 e. The van der Waals surface area contributed by atoms with E-state index in [0.29, 0.717) is 16.3 Å². The van der Waals surface area contributed by atoms with E-state index in [1.54, 1.807) is 13.0 Å². The summed E-state index contributed by atoms with van der Waals surface area (Å²) < 4.78 is 11.2. The molecule has 0 aliphatic heterocycles. The molecule has 0 radical (unpaired) electrons. The van der Waals surface area contributed by atoms with E-state index in [4.69, 9.17) is 9.47 Å². The summed E-state index contributed by atoms with van der Waals surface area (Å²) in [6.07, 6.45) is -0.725. The standard InChI is InChI=1S/C17H18BrNO4S/c1-9-11(3)24-16(14(9)17(21)22-4)19-15(20)10(2)23-13-8-6-5-7-12(13)18/h5-8,10H,1-4H3,(H,19,20)/t10-/m0/s1. The van der Waals surface area contributed by atoms with E-state index in [2.05, 4.69) is 21.2 Å². The van der Waals surface area contributed by atoms with Crippen molar-refractivity contribution in [2.24, 2.45) is 0 Å². The summed E-state index contributed by atoms with van der Waals surface area (Å²) in [6, 6.07) is 7.29. The maximum absolute atomic E-state index is 12.4. The summed E-state index contributed by atoms with van der Waals surface area (Å²) in [5.41, 5.74) is 1.20. The molecule has 1 atom stereocenters. The molecule has 5 nitrogen and oxygen atoms in total. The van der Waals surface area contributed by atoms with Crippen molar-refractivity contribution < 1.29 is 19.1 Å². The number of esters is 1. The van der Waals surface area contributed by atoms with Crippen LogP contribution < -0.4 is 10.1 Å². The summed E-state index contributed by atoms with van der Waals surface area (Å²) >= 11 is 4.72. The van der Waals surface area contributed by atoms with Crippen LogP contribution in [0.3, 0.4) is 0 Å². The molecule has 7 heteroatoms. The average Bonchev–Trinajstić information content (AvgIpc) is 2.83. The number of amides is 1. The monoisotopic (exact) mass is 411 g/mol. The van der Waals surface area contributed by atoms with Crippen molar-refractivity contribution in [3.05, 3.63) is 44.7 Å². The zero-order valence-corrected chi connectivity index (χ0v) is 16.2. The van der Waals surface area contributed by atoms with Gasteiger partial charge in [0.05, 0.1) is 17.1 Å². The number of thiophene rings is 1. The maximum atomic E-state index is 12.4. The Kier molecular flexibility index (Phi) is 6.01. The highest BCUT2D eigenvalue weighted by Crippen LogP contribution is 2.33. The first-order valence-corrected chi connectivity index (χ1v) is 8.86. The van der Waals surface area contributed by atoms with Crippen LogP contribution in [0.2, 0.25) is 0 Å². The molecule has 0 unspecified atom stereocenters. The Morgan fingerprint density at radius 3 is 2.54 bits per heavy atom. The first-order chi connectivity index (χ1) is 11.3. The number of carbonyl (C=O) groups excluding carboxylic acids is 2. The molecule has 0 bridgehead atoms. The van der Waals surface area contributed by atoms with E-state index in [0.717, 1.165) is 14.9 Å². The third-order valence-corrected chi connectivity index (χ3v) is 5.30. The van der Waals surface area contributed by atoms with Crippen molar-refractivity contribution in [2.45, 2.75) is 26.9 Å². The number of methoxy groups -OCH3 is 1. The van der Waals surface area contributed by atoms with Crippen LogP contribution in [0.15, 0.2) is 28.7 Å². The zero-order chi connectivity index (χ0) is 17.9. The van der Waals surface area contributed by atoms with Crippen LogP contribution in [0.25, 0.3) is 0 Å². The minimum atomic E-state index is -0.725. The van der Waals surface area contributed by atoms with E-state index in [1.165, 1.54) is 18.4 Å². The van der Waals surface area contributed by atoms with Gasteiger partial charge in [-0.1, -0.05) is 12.1 Å². The predicted octanol–water partition coefficient (Wildman–Crippen LogP) is 4.32. The topological polar surface area (TPSA) is 64.6 Å². The number of benzene rings is 1. The highest BCUT2D eigenvalue weighted by Gasteiger charge is 2.24. The van der Waals surface area contributed by atoms with Crippen LogP contribution in [0.5, 0.6) is 5.75 Å². The Morgan fingerprint density at radius 1 is 1.25 bits per heavy atom. The molecule has 0 fully saturated rings. The number of hydrogen-bond donors (Lipinski definition) is 1. The summed E-state index contributed by atoms with van der Waals surface area (Å²) in [4.78, 5) is 25.3. The molecule has 2 aromatic rings. The number of hydrogen-bond acceptors (Lipinski definition) is 5. The van der Waals surface area contributed by atoms with E-state index in [9.17, 15) is 9.59 Å². The van der Waals surface area contributed by atoms with Crippen molar-refractivity contribution >= 4 is 44.1 Å². The number of carbonyl (C=O) groups is 2. The van der Waals surface area contributed by atoms with Crippen LogP contribution in [0.4, 0.5) is 5.00 Å². The van der Waals surface area contributed by atoms with E-state index in [1.807, 2.05) is 32.0 Å². The fourth-order valence-corrected chi connectivity index (χ4v) is 3.49. The van der Waals surface area contributed by atoms with Crippen molar-refractivity contribution in [3.63, 3.8) is 0 Å². The Balaban J connectivity index is 2.16. The molecular formula is C17H18BrNO4S. The van der Waals surface area contributed by atoms with Gasteiger partial charge in [0, 0.05) is 4.88 Å². The first-order valence-electron chi connectivity index (χ1n) is 7.25. The number of nitrogens with one attached hydrogen (secondary N) is 1. The first kappa shape index (κ1) is 18.5. The Morgan fingerprint density at radius 2 is 1.92 bits per heavy atom. The van der Waals surface area contributed by atoms with Gasteiger partial charge < -0.3 is 14.8 Å². The lowest BCUT2D eigenvalue weighted by atomic mass is 10.1. The second kappa shape index (κ2) is 7.81. The highest BCUT2D eigenvalue weighted by atomic mass is 79.9. The van der Waals surface area contributed by atoms with Gasteiger partial charge in [0.2, 0.25) is 0 Å². The molecule has 1 amide bonds. The van der Waals surface area contributed by atoms with Gasteiger partial charge in [-0.2, -0.15) is 0 Å². The van der Waals surface area contributed by atoms with Gasteiger partial charge in [0.1, 0.15) is 10.8 Å². The van der Waals surface area contributed by atoms with Gasteiger partial charge >= 0.3 is 5.97 Å². The van der Waals surface area contributed by atoms with E-state index < -0.39 is 12.1 Å². The average molecular weight is 412 g/mol. The fraction of sp³-hybridized carbons (Fsp3) is 0.294. The van der Waals surface area contributed by atoms with Gasteiger partial charge in [0.15, 0.2) is 6.10 Å². The molecule has 0 aliphatic rings. The van der Waals surface area contributed by atoms with Crippen molar-refractivity contribution in [3.8, 4) is 5.75 Å².